The largest absolute Gasteiger partial charge is 0.507 e. The van der Waals surface area contributed by atoms with Crippen LogP contribution in [0.25, 0.3) is 5.57 Å². The number of hydrogen-bond acceptors (Lipinski definition) is 2. The molecule has 0 heterocycles. The summed E-state index contributed by atoms with van der Waals surface area (Å²) < 4.78 is 0. The van der Waals surface area contributed by atoms with E-state index in [1.165, 1.54) is 12.1 Å². The Kier molecular flexibility index (Phi) is 2.14. The van der Waals surface area contributed by atoms with Crippen LogP contribution in [0.3, 0.4) is 0 Å². The molecule has 0 saturated heterocycles. The molecule has 3 nitrogen and oxygen atoms in total. The Hall–Kier alpha value is -1.77. The molecule has 0 aliphatic heterocycles. The maximum absolute atomic E-state index is 10.4. The van der Waals surface area contributed by atoms with E-state index in [1.54, 1.807) is 12.1 Å². The number of carbonyl (C=O) groups is 1. The van der Waals surface area contributed by atoms with Crippen LogP contribution in [0, 0.1) is 0 Å². The molecule has 0 aliphatic carbocycles. The first-order chi connectivity index (χ1) is 5.63. The van der Waals surface area contributed by atoms with Crippen LogP contribution in [0.4, 0.5) is 0 Å². The van der Waals surface area contributed by atoms with Crippen LogP contribution < -0.4 is 0 Å². The minimum absolute atomic E-state index is 0.0649. The smallest absolute Gasteiger partial charge is 0.335 e. The maximum atomic E-state index is 10.4. The quantitative estimate of drug-likeness (QED) is 0.651. The van der Waals surface area contributed by atoms with Gasteiger partial charge < -0.3 is 10.2 Å². The Labute approximate surface area is 69.6 Å². The molecule has 62 valence electrons. The number of benzene rings is 1. The van der Waals surface area contributed by atoms with Crippen molar-refractivity contribution in [1.82, 2.24) is 0 Å². The van der Waals surface area contributed by atoms with Gasteiger partial charge in [0.2, 0.25) is 0 Å². The lowest BCUT2D eigenvalue weighted by Crippen LogP contribution is -1.97. The van der Waals surface area contributed by atoms with Gasteiger partial charge in [-0.25, -0.2) is 4.79 Å². The van der Waals surface area contributed by atoms with Crippen LogP contribution in [0.15, 0.2) is 30.8 Å². The van der Waals surface area contributed by atoms with Crippen molar-refractivity contribution in [3.05, 3.63) is 36.4 Å². The van der Waals surface area contributed by atoms with E-state index in [9.17, 15) is 9.90 Å². The molecule has 12 heavy (non-hydrogen) atoms. The van der Waals surface area contributed by atoms with Gasteiger partial charge in [0.15, 0.2) is 0 Å². The minimum Gasteiger partial charge on any atom is -0.507 e. The number of phenols is 1. The zero-order valence-electron chi connectivity index (χ0n) is 6.32. The first kappa shape index (κ1) is 8.33. The summed E-state index contributed by atoms with van der Waals surface area (Å²) in [5.41, 5.74) is 0.151. The fourth-order valence-electron chi connectivity index (χ4n) is 0.844. The minimum atomic E-state index is -1.13. The van der Waals surface area contributed by atoms with Crippen LogP contribution in [0.1, 0.15) is 5.56 Å². The number of hydrogen-bond donors (Lipinski definition) is 2. The van der Waals surface area contributed by atoms with E-state index in [4.69, 9.17) is 5.11 Å². The summed E-state index contributed by atoms with van der Waals surface area (Å²) >= 11 is 0. The summed E-state index contributed by atoms with van der Waals surface area (Å²) in [6.07, 6.45) is 0. The van der Waals surface area contributed by atoms with Crippen LogP contribution >= 0.6 is 0 Å². The molecule has 0 atom stereocenters. The Morgan fingerprint density at radius 3 is 2.42 bits per heavy atom. The lowest BCUT2D eigenvalue weighted by atomic mass is 10.1. The molecule has 1 rings (SSSR count). The molecule has 0 amide bonds. The highest BCUT2D eigenvalue weighted by Crippen LogP contribution is 2.22. The SMILES string of the molecule is C=C(C(=O)O)c1ccccc1O. The molecule has 0 unspecified atom stereocenters. The fourth-order valence-corrected chi connectivity index (χ4v) is 0.844. The van der Waals surface area contributed by atoms with E-state index in [2.05, 4.69) is 6.58 Å². The summed E-state index contributed by atoms with van der Waals surface area (Å²) in [5, 5.41) is 17.8. The lowest BCUT2D eigenvalue weighted by molar-refractivity contribution is -0.130. The predicted molar refractivity (Wildman–Crippen MR) is 44.8 cm³/mol. The third kappa shape index (κ3) is 1.45. The maximum Gasteiger partial charge on any atom is 0.335 e. The highest BCUT2D eigenvalue weighted by atomic mass is 16.4. The van der Waals surface area contributed by atoms with Crippen molar-refractivity contribution in [2.24, 2.45) is 0 Å². The van der Waals surface area contributed by atoms with Gasteiger partial charge in [-0.05, 0) is 6.07 Å². The molecule has 2 N–H and O–H groups in total. The lowest BCUT2D eigenvalue weighted by Gasteiger charge is -2.01. The summed E-state index contributed by atoms with van der Waals surface area (Å²) in [6.45, 7) is 3.33. The molecule has 0 radical (unpaired) electrons. The molecular weight excluding hydrogens is 156 g/mol. The second kappa shape index (κ2) is 3.09. The molecule has 0 bridgehead atoms. The molecule has 0 spiro atoms. The van der Waals surface area contributed by atoms with Crippen molar-refractivity contribution < 1.29 is 15.0 Å². The molecule has 1 aromatic rings. The number of phenolic OH excluding ortho intramolecular Hbond substituents is 1. The Balaban J connectivity index is 3.11. The highest BCUT2D eigenvalue weighted by Gasteiger charge is 2.09. The van der Waals surface area contributed by atoms with Gasteiger partial charge in [-0.2, -0.15) is 0 Å². The van der Waals surface area contributed by atoms with E-state index in [1.807, 2.05) is 0 Å². The van der Waals surface area contributed by atoms with Gasteiger partial charge in [0.05, 0.1) is 5.57 Å². The van der Waals surface area contributed by atoms with E-state index in [0.717, 1.165) is 0 Å². The normalized spacial score (nSPS) is 9.33. The standard InChI is InChI=1S/C9H8O3/c1-6(9(11)12)7-4-2-3-5-8(7)10/h2-5,10H,1H2,(H,11,12). The van der Waals surface area contributed by atoms with Gasteiger partial charge in [-0.3, -0.25) is 0 Å². The van der Waals surface area contributed by atoms with Crippen molar-refractivity contribution in [3.63, 3.8) is 0 Å². The molecule has 0 fully saturated rings. The third-order valence-electron chi connectivity index (χ3n) is 1.49. The van der Waals surface area contributed by atoms with E-state index in [0.29, 0.717) is 0 Å². The Morgan fingerprint density at radius 2 is 1.92 bits per heavy atom. The van der Waals surface area contributed by atoms with Crippen molar-refractivity contribution in [2.75, 3.05) is 0 Å². The average molecular weight is 164 g/mol. The molecule has 1 aromatic carbocycles. The van der Waals surface area contributed by atoms with Gasteiger partial charge in [0.25, 0.3) is 0 Å². The zero-order chi connectivity index (χ0) is 9.14. The summed E-state index contributed by atoms with van der Waals surface area (Å²) in [4.78, 5) is 10.4. The van der Waals surface area contributed by atoms with Gasteiger partial charge in [0.1, 0.15) is 5.75 Å². The molecule has 3 heteroatoms. The first-order valence-corrected chi connectivity index (χ1v) is 3.33. The monoisotopic (exact) mass is 164 g/mol. The van der Waals surface area contributed by atoms with E-state index >= 15 is 0 Å². The molecule has 0 aromatic heterocycles. The Bertz CT molecular complexity index is 328. The molecule has 0 aliphatic rings. The second-order valence-corrected chi connectivity index (χ2v) is 2.30. The van der Waals surface area contributed by atoms with E-state index < -0.39 is 5.97 Å². The van der Waals surface area contributed by atoms with Crippen LogP contribution in [0.5, 0.6) is 5.75 Å². The number of rotatable bonds is 2. The highest BCUT2D eigenvalue weighted by molar-refractivity contribution is 6.15. The average Bonchev–Trinajstić information content (AvgIpc) is 2.04. The predicted octanol–water partition coefficient (Wildman–Crippen LogP) is 1.49. The topological polar surface area (TPSA) is 57.5 Å². The first-order valence-electron chi connectivity index (χ1n) is 3.33. The third-order valence-corrected chi connectivity index (χ3v) is 1.49. The van der Waals surface area contributed by atoms with Crippen LogP contribution in [-0.2, 0) is 4.79 Å². The van der Waals surface area contributed by atoms with Crippen molar-refractivity contribution in [3.8, 4) is 5.75 Å². The summed E-state index contributed by atoms with van der Waals surface area (Å²) in [6, 6.07) is 6.19. The van der Waals surface area contributed by atoms with Gasteiger partial charge in [-0.15, -0.1) is 0 Å². The van der Waals surface area contributed by atoms with Gasteiger partial charge in [0, 0.05) is 5.56 Å². The summed E-state index contributed by atoms with van der Waals surface area (Å²) in [7, 11) is 0. The Morgan fingerprint density at radius 1 is 1.33 bits per heavy atom. The van der Waals surface area contributed by atoms with Gasteiger partial charge in [-0.1, -0.05) is 24.8 Å². The zero-order valence-corrected chi connectivity index (χ0v) is 6.32. The summed E-state index contributed by atoms with van der Waals surface area (Å²) in [5.74, 6) is -1.19. The number of para-hydroxylation sites is 1. The van der Waals surface area contributed by atoms with Crippen molar-refractivity contribution in [2.45, 2.75) is 0 Å². The number of carboxylic acids is 1. The van der Waals surface area contributed by atoms with Gasteiger partial charge >= 0.3 is 5.97 Å². The number of carboxylic acid groups (broad SMARTS) is 1. The van der Waals surface area contributed by atoms with Crippen LogP contribution in [-0.4, -0.2) is 16.2 Å². The number of aliphatic carboxylic acids is 1. The van der Waals surface area contributed by atoms with Crippen LogP contribution in [0.2, 0.25) is 0 Å². The van der Waals surface area contributed by atoms with E-state index in [-0.39, 0.29) is 16.9 Å². The molecular formula is C9H8O3. The van der Waals surface area contributed by atoms with Crippen molar-refractivity contribution in [1.29, 1.82) is 0 Å². The number of aromatic hydroxyl groups is 1. The van der Waals surface area contributed by atoms with Crippen molar-refractivity contribution >= 4 is 11.5 Å². The second-order valence-electron chi connectivity index (χ2n) is 2.30. The molecule has 0 saturated carbocycles. The fraction of sp³-hybridized carbons (Fsp3) is 0.